The molecule has 1 atom stereocenters. The quantitative estimate of drug-likeness (QED) is 0.155. The number of piperidine rings is 1. The summed E-state index contributed by atoms with van der Waals surface area (Å²) < 4.78 is 88.9. The average molecular weight is 642 g/mol. The summed E-state index contributed by atoms with van der Waals surface area (Å²) in [5, 5.41) is 10.1. The number of para-hydroxylation sites is 1. The van der Waals surface area contributed by atoms with Gasteiger partial charge in [0.25, 0.3) is 5.91 Å². The average Bonchev–Trinajstić information content (AvgIpc) is 3.43. The van der Waals surface area contributed by atoms with Crippen LogP contribution in [0.4, 0.5) is 23.4 Å². The number of likely N-dealkylation sites (tertiary alicyclic amines) is 1. The van der Waals surface area contributed by atoms with E-state index >= 15 is 0 Å². The summed E-state index contributed by atoms with van der Waals surface area (Å²) in [5.41, 5.74) is 6.08. The van der Waals surface area contributed by atoms with Gasteiger partial charge < -0.3 is 15.4 Å². The molecule has 16 heteroatoms. The number of aromatic nitrogens is 4. The van der Waals surface area contributed by atoms with Crippen molar-refractivity contribution in [1.82, 2.24) is 24.6 Å². The van der Waals surface area contributed by atoms with Gasteiger partial charge in [-0.1, -0.05) is 18.2 Å². The zero-order valence-electron chi connectivity index (χ0n) is 23.1. The van der Waals surface area contributed by atoms with Crippen molar-refractivity contribution in [2.45, 2.75) is 23.8 Å². The van der Waals surface area contributed by atoms with E-state index in [1.165, 1.54) is 11.0 Å². The van der Waals surface area contributed by atoms with Crippen LogP contribution in [0.1, 0.15) is 29.2 Å². The Morgan fingerprint density at radius 2 is 1.58 bits per heavy atom. The second-order valence-corrected chi connectivity index (χ2v) is 11.7. The molecule has 1 amide bonds. The lowest BCUT2D eigenvalue weighted by Gasteiger charge is -2.33. The lowest BCUT2D eigenvalue weighted by molar-refractivity contribution is 0.0663. The van der Waals surface area contributed by atoms with E-state index in [-0.39, 0.29) is 18.9 Å². The Morgan fingerprint density at radius 1 is 0.911 bits per heavy atom. The first-order valence-electron chi connectivity index (χ1n) is 13.5. The molecule has 0 aliphatic carbocycles. The van der Waals surface area contributed by atoms with Gasteiger partial charge in [0.05, 0.1) is 11.4 Å². The normalized spacial score (nSPS) is 15.4. The maximum atomic E-state index is 14.8. The second-order valence-electron chi connectivity index (χ2n) is 10.2. The minimum absolute atomic E-state index is 0.0362. The van der Waals surface area contributed by atoms with Crippen molar-refractivity contribution < 1.29 is 35.5 Å². The largest absolute Gasteiger partial charge is 0.457 e. The van der Waals surface area contributed by atoms with Crippen molar-refractivity contribution in [2.75, 3.05) is 18.8 Å². The molecule has 1 unspecified atom stereocenters. The fraction of sp³-hybridized carbons (Fsp3) is 0.172. The number of hydrogen-bond acceptors (Lipinski definition) is 8. The summed E-state index contributed by atoms with van der Waals surface area (Å²) in [4.78, 5) is 21.1. The first kappa shape index (κ1) is 30.0. The van der Waals surface area contributed by atoms with Gasteiger partial charge in [0.1, 0.15) is 39.8 Å². The third-order valence-corrected chi connectivity index (χ3v) is 8.33. The number of ether oxygens (including phenoxy) is 1. The first-order valence-corrected chi connectivity index (χ1v) is 15.0. The number of nitrogens with two attached hydrogens (primary N) is 2. The molecule has 1 saturated heterocycles. The molecule has 2 aromatic heterocycles. The summed E-state index contributed by atoms with van der Waals surface area (Å²) in [6, 6.07) is 15.6. The molecule has 4 N–H and O–H groups in total. The number of carbonyl (C=O) groups excluding carboxylic acids is 1. The molecule has 0 spiro atoms. The van der Waals surface area contributed by atoms with E-state index in [1.54, 1.807) is 24.3 Å². The molecule has 5 aromatic rings. The fourth-order valence-electron chi connectivity index (χ4n) is 5.32. The van der Waals surface area contributed by atoms with Crippen molar-refractivity contribution in [3.05, 3.63) is 89.8 Å². The van der Waals surface area contributed by atoms with Crippen LogP contribution in [-0.4, -0.2) is 52.1 Å². The Hall–Kier alpha value is -5.09. The first-order chi connectivity index (χ1) is 21.5. The molecule has 1 aliphatic heterocycles. The highest BCUT2D eigenvalue weighted by atomic mass is 32.2. The third kappa shape index (κ3) is 5.42. The maximum Gasteiger partial charge on any atom is 0.258 e. The van der Waals surface area contributed by atoms with Gasteiger partial charge in [-0.05, 0) is 49.2 Å². The molecular formula is C29H23F4N7O4S. The number of fused-ring (bicyclic) bond motifs is 1. The molecule has 45 heavy (non-hydrogen) atoms. The summed E-state index contributed by atoms with van der Waals surface area (Å²) >= 11 is 0. The molecule has 0 saturated carbocycles. The highest BCUT2D eigenvalue weighted by Crippen LogP contribution is 2.36. The lowest BCUT2D eigenvalue weighted by atomic mass is 10.0. The van der Waals surface area contributed by atoms with Crippen LogP contribution >= 0.6 is 0 Å². The van der Waals surface area contributed by atoms with E-state index in [0.29, 0.717) is 46.6 Å². The Bertz CT molecular complexity index is 2060. The summed E-state index contributed by atoms with van der Waals surface area (Å²) in [7, 11) is -5.18. The monoisotopic (exact) mass is 641 g/mol. The number of anilines is 1. The van der Waals surface area contributed by atoms with E-state index < -0.39 is 55.7 Å². The number of nitrogens with zero attached hydrogens (tertiary/aromatic N) is 5. The minimum Gasteiger partial charge on any atom is -0.457 e. The molecule has 6 rings (SSSR count). The smallest absolute Gasteiger partial charge is 0.258 e. The standard InChI is InChI=1S/C29H23F4N7O4S/c30-21-19(26(45(35,42)43)24(33)23(32)22(21)31)29(41)39-12-4-5-16(13-39)40-28-20(27(34)36-14-37-28)25(38-40)15-8-10-18(11-9-15)44-17-6-2-1-3-7-17/h1-3,6-11,14,16H,4-5,12-13H2,(H2,34,36,37)(H2,35,42,43). The Morgan fingerprint density at radius 3 is 2.27 bits per heavy atom. The van der Waals surface area contributed by atoms with Gasteiger partial charge in [-0.3, -0.25) is 4.79 Å². The molecule has 3 heterocycles. The fourth-order valence-corrected chi connectivity index (χ4v) is 6.13. The zero-order valence-corrected chi connectivity index (χ0v) is 23.9. The van der Waals surface area contributed by atoms with Crippen molar-refractivity contribution in [3.8, 4) is 22.8 Å². The molecule has 0 radical (unpaired) electrons. The van der Waals surface area contributed by atoms with E-state index in [9.17, 15) is 30.8 Å². The predicted molar refractivity (Wildman–Crippen MR) is 154 cm³/mol. The lowest BCUT2D eigenvalue weighted by Crippen LogP contribution is -2.42. The van der Waals surface area contributed by atoms with Crippen molar-refractivity contribution in [3.63, 3.8) is 0 Å². The summed E-state index contributed by atoms with van der Waals surface area (Å²) in [5.74, 6) is -9.25. The van der Waals surface area contributed by atoms with Gasteiger partial charge >= 0.3 is 0 Å². The number of primary sulfonamides is 1. The number of sulfonamides is 1. The van der Waals surface area contributed by atoms with E-state index in [4.69, 9.17) is 20.7 Å². The highest BCUT2D eigenvalue weighted by Gasteiger charge is 2.38. The Kier molecular flexibility index (Phi) is 7.62. The van der Waals surface area contributed by atoms with Crippen LogP contribution in [0.25, 0.3) is 22.3 Å². The second kappa shape index (κ2) is 11.4. The summed E-state index contributed by atoms with van der Waals surface area (Å²) in [6.07, 6.45) is 1.97. The molecular weight excluding hydrogens is 618 g/mol. The van der Waals surface area contributed by atoms with Crippen LogP contribution in [0.3, 0.4) is 0 Å². The Balaban J connectivity index is 1.35. The summed E-state index contributed by atoms with van der Waals surface area (Å²) in [6.45, 7) is -0.238. The number of amides is 1. The number of hydrogen-bond donors (Lipinski definition) is 2. The molecule has 232 valence electrons. The van der Waals surface area contributed by atoms with Crippen LogP contribution in [0.5, 0.6) is 11.5 Å². The maximum absolute atomic E-state index is 14.8. The highest BCUT2D eigenvalue weighted by molar-refractivity contribution is 7.89. The van der Waals surface area contributed by atoms with Crippen molar-refractivity contribution >= 4 is 32.8 Å². The molecule has 11 nitrogen and oxygen atoms in total. The van der Waals surface area contributed by atoms with Crippen molar-refractivity contribution in [1.29, 1.82) is 0 Å². The molecule has 3 aromatic carbocycles. The number of benzene rings is 3. The number of nitrogen functional groups attached to an aromatic ring is 1. The molecule has 1 fully saturated rings. The minimum atomic E-state index is -5.18. The molecule has 1 aliphatic rings. The van der Waals surface area contributed by atoms with Gasteiger partial charge in [0, 0.05) is 18.7 Å². The molecule has 0 bridgehead atoms. The van der Waals surface area contributed by atoms with Gasteiger partial charge in [0.2, 0.25) is 10.0 Å². The zero-order chi connectivity index (χ0) is 32.0. The third-order valence-electron chi connectivity index (χ3n) is 7.38. The van der Waals surface area contributed by atoms with Gasteiger partial charge in [0.15, 0.2) is 28.9 Å². The topological polar surface area (TPSA) is 159 Å². The van der Waals surface area contributed by atoms with Gasteiger partial charge in [-0.25, -0.2) is 45.8 Å². The number of carbonyl (C=O) groups is 1. The van der Waals surface area contributed by atoms with E-state index in [1.807, 2.05) is 30.3 Å². The van der Waals surface area contributed by atoms with Crippen LogP contribution in [0.2, 0.25) is 0 Å². The Labute approximate surface area is 253 Å². The van der Waals surface area contributed by atoms with Crippen LogP contribution in [0, 0.1) is 23.3 Å². The van der Waals surface area contributed by atoms with Crippen LogP contribution in [0.15, 0.2) is 65.8 Å². The number of halogens is 4. The predicted octanol–water partition coefficient (Wildman–Crippen LogP) is 4.55. The number of rotatable bonds is 6. The van der Waals surface area contributed by atoms with Gasteiger partial charge in [-0.15, -0.1) is 0 Å². The SMILES string of the molecule is Nc1ncnc2c1c(-c1ccc(Oc3ccccc3)cc1)nn2C1CCCN(C(=O)c2c(F)c(F)c(F)c(F)c2S(N)(=O)=O)C1. The van der Waals surface area contributed by atoms with E-state index in [0.717, 1.165) is 4.90 Å². The van der Waals surface area contributed by atoms with Crippen LogP contribution < -0.4 is 15.6 Å². The van der Waals surface area contributed by atoms with E-state index in [2.05, 4.69) is 9.97 Å². The van der Waals surface area contributed by atoms with Gasteiger partial charge in [-0.2, -0.15) is 5.10 Å². The van der Waals surface area contributed by atoms with Crippen LogP contribution in [-0.2, 0) is 10.0 Å². The van der Waals surface area contributed by atoms with Crippen molar-refractivity contribution in [2.24, 2.45) is 5.14 Å².